The molecule has 4 saturated heterocycles. The van der Waals surface area contributed by atoms with E-state index >= 15 is 4.39 Å². The molecule has 2 amide bonds. The molecule has 14 heteroatoms. The Labute approximate surface area is 283 Å². The maximum Gasteiger partial charge on any atom is 0.234 e. The molecule has 48 heavy (non-hydrogen) atoms. The van der Waals surface area contributed by atoms with Crippen molar-refractivity contribution in [1.82, 2.24) is 25.2 Å². The number of carbonyl (C=O) groups is 2. The highest BCUT2D eigenvalue weighted by Crippen LogP contribution is 2.42. The number of piperazine rings is 1. The molecule has 4 fully saturated rings. The zero-order valence-corrected chi connectivity index (χ0v) is 27.9. The second kappa shape index (κ2) is 13.6. The van der Waals surface area contributed by atoms with Crippen LogP contribution in [0.2, 0.25) is 0 Å². The molecule has 0 saturated carbocycles. The van der Waals surface area contributed by atoms with Crippen LogP contribution in [0.15, 0.2) is 52.6 Å². The summed E-state index contributed by atoms with van der Waals surface area (Å²) in [6.07, 6.45) is 6.18. The van der Waals surface area contributed by atoms with Crippen LogP contribution in [-0.4, -0.2) is 89.7 Å². The summed E-state index contributed by atoms with van der Waals surface area (Å²) < 4.78 is 20.9. The van der Waals surface area contributed by atoms with Crippen LogP contribution in [0.3, 0.4) is 0 Å². The Kier molecular flexibility index (Phi) is 9.24. The van der Waals surface area contributed by atoms with E-state index in [0.29, 0.717) is 29.4 Å². The average Bonchev–Trinajstić information content (AvgIpc) is 3.35. The number of nitrogens with zero attached hydrogens (tertiary/aromatic N) is 6. The molecule has 1 unspecified atom stereocenters. The monoisotopic (exact) mass is 675 g/mol. The van der Waals surface area contributed by atoms with Gasteiger partial charge < -0.3 is 26.0 Å². The molecule has 4 aliphatic rings. The topological polar surface area (TPSA) is 156 Å². The molecule has 3 aromatic rings. The summed E-state index contributed by atoms with van der Waals surface area (Å²) in [7, 11) is 0. The lowest BCUT2D eigenvalue weighted by atomic mass is 9.73. The second-order valence-corrected chi connectivity index (χ2v) is 14.4. The van der Waals surface area contributed by atoms with Crippen LogP contribution in [0, 0.1) is 11.2 Å². The first-order valence-corrected chi connectivity index (χ1v) is 17.5. The van der Waals surface area contributed by atoms with Crippen LogP contribution >= 0.6 is 11.8 Å². The van der Waals surface area contributed by atoms with Crippen molar-refractivity contribution in [2.75, 3.05) is 61.4 Å². The third-order valence-electron chi connectivity index (χ3n) is 10.4. The van der Waals surface area contributed by atoms with Gasteiger partial charge in [-0.05, 0) is 49.9 Å². The minimum Gasteiger partial charge on any atom is -0.381 e. The Balaban J connectivity index is 0.919. The molecule has 2 aromatic heterocycles. The van der Waals surface area contributed by atoms with Gasteiger partial charge in [0.2, 0.25) is 11.8 Å². The molecule has 0 aliphatic carbocycles. The van der Waals surface area contributed by atoms with E-state index in [1.807, 2.05) is 12.1 Å². The van der Waals surface area contributed by atoms with Gasteiger partial charge in [-0.15, -0.1) is 0 Å². The number of carbonyl (C=O) groups excluding carboxylic acids is 2. The molecule has 3 atom stereocenters. The van der Waals surface area contributed by atoms with Crippen LogP contribution in [0.5, 0.6) is 0 Å². The van der Waals surface area contributed by atoms with Crippen molar-refractivity contribution in [3.8, 4) is 0 Å². The fourth-order valence-electron chi connectivity index (χ4n) is 7.35. The molecule has 7 rings (SSSR count). The van der Waals surface area contributed by atoms with Gasteiger partial charge in [0, 0.05) is 80.3 Å². The lowest BCUT2D eigenvalue weighted by molar-refractivity contribution is -0.134. The highest BCUT2D eigenvalue weighted by Gasteiger charge is 2.47. The molecular weight excluding hydrogens is 633 g/mol. The van der Waals surface area contributed by atoms with E-state index < -0.39 is 17.6 Å². The normalized spacial score (nSPS) is 24.7. The minimum absolute atomic E-state index is 0.0447. The van der Waals surface area contributed by atoms with Crippen LogP contribution in [0.25, 0.3) is 0 Å². The first-order chi connectivity index (χ1) is 23.2. The number of halogens is 1. The van der Waals surface area contributed by atoms with E-state index in [0.717, 1.165) is 80.8 Å². The number of ether oxygens (including phenoxy) is 1. The predicted molar refractivity (Wildman–Crippen MR) is 181 cm³/mol. The standard InChI is InChI=1S/C34H42FN9O3S/c1-21-30(36)34(20-47-21)7-10-43(11-8-34)28-18-39-33(31(37)40-28)48-23-6-9-38-27(17-23)44-14-12-42(13-15-44)19-22-2-3-24(26(35)16-22)25-4-5-29(45)41-32(25)46/h2-3,6,9,16-18,21,25,30H,4-5,7-8,10-15,19-20,36H2,1H3,(H2,37,40)(H,41,45,46)/t21-,25?,30+/m0/s1. The SMILES string of the molecule is C[C@@H]1OCC2(CCN(c3cnc(Sc4ccnc(N5CCN(Cc6ccc(C7CCC(=O)NC7=O)c(F)c6)CC5)c4)c(N)n3)CC2)[C@@H]1N. The zero-order chi connectivity index (χ0) is 33.4. The van der Waals surface area contributed by atoms with Crippen molar-refractivity contribution in [3.63, 3.8) is 0 Å². The lowest BCUT2D eigenvalue weighted by Gasteiger charge is -2.41. The average molecular weight is 676 g/mol. The van der Waals surface area contributed by atoms with Gasteiger partial charge in [-0.3, -0.25) is 19.8 Å². The summed E-state index contributed by atoms with van der Waals surface area (Å²) in [5.41, 5.74) is 14.1. The number of benzene rings is 1. The summed E-state index contributed by atoms with van der Waals surface area (Å²) >= 11 is 1.47. The number of piperidine rings is 2. The van der Waals surface area contributed by atoms with E-state index in [1.54, 1.807) is 18.5 Å². The largest absolute Gasteiger partial charge is 0.381 e. The summed E-state index contributed by atoms with van der Waals surface area (Å²) in [6, 6.07) is 9.14. The van der Waals surface area contributed by atoms with E-state index in [4.69, 9.17) is 21.2 Å². The lowest BCUT2D eigenvalue weighted by Crippen LogP contribution is -2.50. The highest BCUT2D eigenvalue weighted by atomic mass is 32.2. The number of amides is 2. The van der Waals surface area contributed by atoms with Crippen molar-refractivity contribution < 1.29 is 18.7 Å². The molecule has 6 heterocycles. The Morgan fingerprint density at radius 1 is 1.04 bits per heavy atom. The van der Waals surface area contributed by atoms with E-state index in [2.05, 4.69) is 43.0 Å². The fraction of sp³-hybridized carbons (Fsp3) is 0.500. The minimum atomic E-state index is -0.630. The summed E-state index contributed by atoms with van der Waals surface area (Å²) in [4.78, 5) is 45.4. The van der Waals surface area contributed by atoms with Gasteiger partial charge in [0.1, 0.15) is 22.5 Å². The number of anilines is 3. The Morgan fingerprint density at radius 3 is 2.50 bits per heavy atom. The Hall–Kier alpha value is -3.85. The zero-order valence-electron chi connectivity index (χ0n) is 27.1. The number of nitrogens with one attached hydrogen (secondary N) is 1. The molecular formula is C34H42FN9O3S. The van der Waals surface area contributed by atoms with E-state index in [1.165, 1.54) is 17.8 Å². The maximum atomic E-state index is 15.0. The van der Waals surface area contributed by atoms with Crippen LogP contribution in [-0.2, 0) is 20.9 Å². The van der Waals surface area contributed by atoms with Gasteiger partial charge in [-0.1, -0.05) is 23.9 Å². The smallest absolute Gasteiger partial charge is 0.234 e. The summed E-state index contributed by atoms with van der Waals surface area (Å²) in [5, 5.41) is 2.97. The van der Waals surface area contributed by atoms with E-state index in [9.17, 15) is 9.59 Å². The number of pyridine rings is 1. The second-order valence-electron chi connectivity index (χ2n) is 13.4. The number of rotatable bonds is 7. The van der Waals surface area contributed by atoms with Gasteiger partial charge in [0.25, 0.3) is 0 Å². The number of nitrogen functional groups attached to an aromatic ring is 1. The quantitative estimate of drug-likeness (QED) is 0.316. The Bertz CT molecular complexity index is 1680. The van der Waals surface area contributed by atoms with Crippen LogP contribution in [0.1, 0.15) is 49.7 Å². The van der Waals surface area contributed by atoms with Crippen molar-refractivity contribution in [3.05, 3.63) is 59.7 Å². The number of imide groups is 1. The number of hydrogen-bond donors (Lipinski definition) is 3. The first-order valence-electron chi connectivity index (χ1n) is 16.7. The van der Waals surface area contributed by atoms with E-state index in [-0.39, 0.29) is 29.9 Å². The van der Waals surface area contributed by atoms with Crippen molar-refractivity contribution in [2.24, 2.45) is 11.1 Å². The molecule has 0 bridgehead atoms. The van der Waals surface area contributed by atoms with Gasteiger partial charge >= 0.3 is 0 Å². The molecule has 1 aromatic carbocycles. The molecule has 5 N–H and O–H groups in total. The van der Waals surface area contributed by atoms with Crippen LogP contribution < -0.4 is 26.6 Å². The summed E-state index contributed by atoms with van der Waals surface area (Å²) in [6.45, 7) is 8.23. The van der Waals surface area contributed by atoms with Gasteiger partial charge in [0.05, 0.1) is 24.8 Å². The molecule has 1 spiro atoms. The third kappa shape index (κ3) is 6.71. The van der Waals surface area contributed by atoms with Gasteiger partial charge in [0.15, 0.2) is 5.82 Å². The number of hydrogen-bond acceptors (Lipinski definition) is 12. The first kappa shape index (κ1) is 32.7. The maximum absolute atomic E-state index is 15.0. The molecule has 4 aliphatic heterocycles. The fourth-order valence-corrected chi connectivity index (χ4v) is 8.12. The highest BCUT2D eigenvalue weighted by molar-refractivity contribution is 7.99. The van der Waals surface area contributed by atoms with Gasteiger partial charge in [-0.2, -0.15) is 0 Å². The number of aromatic nitrogens is 3. The van der Waals surface area contributed by atoms with Gasteiger partial charge in [-0.25, -0.2) is 19.3 Å². The van der Waals surface area contributed by atoms with Crippen molar-refractivity contribution in [1.29, 1.82) is 0 Å². The number of nitrogens with two attached hydrogens (primary N) is 2. The van der Waals surface area contributed by atoms with Crippen LogP contribution in [0.4, 0.5) is 21.8 Å². The van der Waals surface area contributed by atoms with Crippen molar-refractivity contribution in [2.45, 2.75) is 67.1 Å². The molecule has 12 nitrogen and oxygen atoms in total. The third-order valence-corrected chi connectivity index (χ3v) is 11.4. The molecule has 254 valence electrons. The predicted octanol–water partition coefficient (Wildman–Crippen LogP) is 2.92. The Morgan fingerprint density at radius 2 is 1.81 bits per heavy atom. The van der Waals surface area contributed by atoms with Crippen molar-refractivity contribution >= 4 is 41.0 Å². The summed E-state index contributed by atoms with van der Waals surface area (Å²) in [5.74, 6) is 0.302. The molecule has 0 radical (unpaired) electrons.